The van der Waals surface area contributed by atoms with Crippen molar-refractivity contribution in [1.82, 2.24) is 15.3 Å². The smallest absolute Gasteiger partial charge is 0.304 e. The summed E-state index contributed by atoms with van der Waals surface area (Å²) in [6.07, 6.45) is 1.95. The highest BCUT2D eigenvalue weighted by Gasteiger charge is 2.23. The number of hydrogen-bond donors (Lipinski definition) is 4. The van der Waals surface area contributed by atoms with Gasteiger partial charge in [-0.15, -0.1) is 0 Å². The van der Waals surface area contributed by atoms with Gasteiger partial charge in [0.05, 0.1) is 40.2 Å². The van der Waals surface area contributed by atoms with Gasteiger partial charge in [-0.1, -0.05) is 42.5 Å². The molecule has 242 valence electrons. The number of sulfone groups is 1. The van der Waals surface area contributed by atoms with Crippen LogP contribution in [0.2, 0.25) is 0 Å². The number of hydrogen-bond acceptors (Lipinski definition) is 10. The van der Waals surface area contributed by atoms with Crippen LogP contribution in [0.15, 0.2) is 107 Å². The minimum Gasteiger partial charge on any atom is -0.494 e. The lowest BCUT2D eigenvalue weighted by Gasteiger charge is -2.34. The number of aliphatic carboxylic acids is 1. The summed E-state index contributed by atoms with van der Waals surface area (Å²) >= 11 is 0. The van der Waals surface area contributed by atoms with Crippen LogP contribution in [0.5, 0.6) is 5.75 Å². The van der Waals surface area contributed by atoms with E-state index in [-0.39, 0.29) is 16.2 Å². The topological polar surface area (TPSA) is 146 Å². The number of methoxy groups -OCH3 is 1. The fraction of sp³-hybridized carbons (Fsp3) is 0.229. The van der Waals surface area contributed by atoms with E-state index >= 15 is 0 Å². The molecule has 0 saturated carbocycles. The number of fused-ring (bicyclic) bond motifs is 1. The summed E-state index contributed by atoms with van der Waals surface area (Å²) in [4.78, 5) is 23.0. The van der Waals surface area contributed by atoms with Gasteiger partial charge in [-0.3, -0.25) is 4.79 Å². The average molecular weight is 653 g/mol. The average Bonchev–Trinajstić information content (AvgIpc) is 3.09. The molecule has 1 aromatic heterocycles. The highest BCUT2D eigenvalue weighted by Crippen LogP contribution is 2.35. The maximum absolute atomic E-state index is 13.6. The molecule has 0 aliphatic carbocycles. The van der Waals surface area contributed by atoms with E-state index < -0.39 is 15.8 Å². The zero-order valence-corrected chi connectivity index (χ0v) is 26.7. The molecule has 1 fully saturated rings. The summed E-state index contributed by atoms with van der Waals surface area (Å²) in [7, 11) is -2.19. The van der Waals surface area contributed by atoms with E-state index in [0.29, 0.717) is 47.0 Å². The molecule has 0 unspecified atom stereocenters. The zero-order valence-electron chi connectivity index (χ0n) is 25.9. The van der Waals surface area contributed by atoms with Crippen molar-refractivity contribution in [2.45, 2.75) is 35.1 Å². The Morgan fingerprint density at radius 2 is 1.62 bits per heavy atom. The maximum atomic E-state index is 13.6. The fourth-order valence-electron chi connectivity index (χ4n) is 5.71. The van der Waals surface area contributed by atoms with Gasteiger partial charge in [0, 0.05) is 42.8 Å². The molecule has 6 rings (SSSR count). The number of nitrogens with zero attached hydrogens (tertiary/aromatic N) is 3. The van der Waals surface area contributed by atoms with Gasteiger partial charge in [0.2, 0.25) is 15.8 Å². The number of rotatable bonds is 12. The van der Waals surface area contributed by atoms with Gasteiger partial charge < -0.3 is 30.7 Å². The highest BCUT2D eigenvalue weighted by molar-refractivity contribution is 7.91. The van der Waals surface area contributed by atoms with Gasteiger partial charge in [-0.05, 0) is 61.4 Å². The monoisotopic (exact) mass is 652 g/mol. The van der Waals surface area contributed by atoms with Gasteiger partial charge in [0.15, 0.2) is 0 Å². The Hall–Kier alpha value is -5.20. The first-order valence-corrected chi connectivity index (χ1v) is 16.9. The van der Waals surface area contributed by atoms with Crippen LogP contribution in [0.25, 0.3) is 10.9 Å². The van der Waals surface area contributed by atoms with E-state index in [1.807, 2.05) is 42.5 Å². The van der Waals surface area contributed by atoms with Crippen molar-refractivity contribution < 1.29 is 23.1 Å². The van der Waals surface area contributed by atoms with Gasteiger partial charge in [0.1, 0.15) is 11.6 Å². The molecule has 47 heavy (non-hydrogen) atoms. The van der Waals surface area contributed by atoms with Crippen molar-refractivity contribution in [3.05, 3.63) is 97.1 Å². The standard InChI is InChI=1S/C35H36N6O5S/c1-46-31-23-25(41-21-18-24(19-22-41)36-20-17-33(42)43)15-16-29(31)39-35-38-28-12-6-5-11-27(28)34(40-35)37-30-13-7-8-14-32(30)47(44,45)26-9-3-2-4-10-26/h2-16,23-24,36H,17-22H2,1H3,(H,42,43)(H2,37,38,39,40). The summed E-state index contributed by atoms with van der Waals surface area (Å²) in [6.45, 7) is 2.15. The minimum absolute atomic E-state index is 0.119. The zero-order chi connectivity index (χ0) is 32.8. The summed E-state index contributed by atoms with van der Waals surface area (Å²) in [5, 5.41) is 19.5. The predicted molar refractivity (Wildman–Crippen MR) is 183 cm³/mol. The molecule has 1 aliphatic rings. The van der Waals surface area contributed by atoms with Crippen LogP contribution in [0.3, 0.4) is 0 Å². The molecular weight excluding hydrogens is 616 g/mol. The number of carboxylic acids is 1. The van der Waals surface area contributed by atoms with Crippen molar-refractivity contribution >= 4 is 55.5 Å². The molecule has 12 heteroatoms. The van der Waals surface area contributed by atoms with Crippen LogP contribution >= 0.6 is 0 Å². The summed E-state index contributed by atoms with van der Waals surface area (Å²) < 4.78 is 32.9. The third kappa shape index (κ3) is 7.29. The Balaban J connectivity index is 1.24. The van der Waals surface area contributed by atoms with E-state index in [1.54, 1.807) is 61.7 Å². The number of aromatic nitrogens is 2. The minimum atomic E-state index is -3.80. The number of para-hydroxylation sites is 2. The molecule has 0 spiro atoms. The summed E-state index contributed by atoms with van der Waals surface area (Å²) in [6, 6.07) is 28.9. The molecule has 5 aromatic rings. The normalized spacial score (nSPS) is 13.8. The second-order valence-corrected chi connectivity index (χ2v) is 13.1. The van der Waals surface area contributed by atoms with Crippen LogP contribution in [-0.2, 0) is 14.6 Å². The van der Waals surface area contributed by atoms with Crippen molar-refractivity contribution in [1.29, 1.82) is 0 Å². The van der Waals surface area contributed by atoms with Gasteiger partial charge in [-0.25, -0.2) is 13.4 Å². The van der Waals surface area contributed by atoms with E-state index in [4.69, 9.17) is 19.8 Å². The Labute approximate surface area is 273 Å². The van der Waals surface area contributed by atoms with Crippen LogP contribution in [0.1, 0.15) is 19.3 Å². The quantitative estimate of drug-likeness (QED) is 0.126. The molecule has 11 nitrogen and oxygen atoms in total. The first kappa shape index (κ1) is 31.8. The molecule has 4 N–H and O–H groups in total. The second kappa shape index (κ2) is 14.1. The van der Waals surface area contributed by atoms with E-state index in [9.17, 15) is 13.2 Å². The first-order valence-electron chi connectivity index (χ1n) is 15.4. The first-order chi connectivity index (χ1) is 22.8. The van der Waals surface area contributed by atoms with Crippen LogP contribution in [0.4, 0.5) is 28.8 Å². The van der Waals surface area contributed by atoms with Crippen LogP contribution in [-0.4, -0.2) is 62.2 Å². The molecule has 2 heterocycles. The van der Waals surface area contributed by atoms with Crippen LogP contribution < -0.4 is 25.6 Å². The molecule has 0 amide bonds. The Kier molecular flexibility index (Phi) is 9.50. The highest BCUT2D eigenvalue weighted by atomic mass is 32.2. The number of benzene rings is 4. The van der Waals surface area contributed by atoms with E-state index in [2.05, 4.69) is 20.9 Å². The van der Waals surface area contributed by atoms with Crippen molar-refractivity contribution in [3.8, 4) is 5.75 Å². The third-order valence-corrected chi connectivity index (χ3v) is 9.98. The number of piperidine rings is 1. The Morgan fingerprint density at radius 1 is 0.894 bits per heavy atom. The number of anilines is 5. The SMILES string of the molecule is COc1cc(N2CCC(NCCC(=O)O)CC2)ccc1Nc1nc(Nc2ccccc2S(=O)(=O)c2ccccc2)c2ccccc2n1. The van der Waals surface area contributed by atoms with E-state index in [1.165, 1.54) is 0 Å². The third-order valence-electron chi connectivity index (χ3n) is 8.15. The van der Waals surface area contributed by atoms with Crippen molar-refractivity contribution in [2.75, 3.05) is 42.3 Å². The lowest BCUT2D eigenvalue weighted by atomic mass is 10.0. The molecule has 4 aromatic carbocycles. The molecule has 0 atom stereocenters. The molecule has 1 aliphatic heterocycles. The van der Waals surface area contributed by atoms with Gasteiger partial charge in [-0.2, -0.15) is 4.98 Å². The molecule has 0 bridgehead atoms. The number of nitrogens with one attached hydrogen (secondary N) is 3. The Bertz CT molecular complexity index is 1980. The number of carbonyl (C=O) groups is 1. The van der Waals surface area contributed by atoms with E-state index in [0.717, 1.165) is 37.0 Å². The summed E-state index contributed by atoms with van der Waals surface area (Å²) in [5.74, 6) is 0.588. The lowest BCUT2D eigenvalue weighted by Crippen LogP contribution is -2.43. The van der Waals surface area contributed by atoms with Crippen molar-refractivity contribution in [2.24, 2.45) is 0 Å². The number of ether oxygens (including phenoxy) is 1. The van der Waals surface area contributed by atoms with Crippen LogP contribution in [0, 0.1) is 0 Å². The maximum Gasteiger partial charge on any atom is 0.304 e. The number of carboxylic acid groups (broad SMARTS) is 1. The molecular formula is C35H36N6O5S. The molecule has 0 radical (unpaired) electrons. The molecule has 1 saturated heterocycles. The predicted octanol–water partition coefficient (Wildman–Crippen LogP) is 5.99. The van der Waals surface area contributed by atoms with Crippen molar-refractivity contribution in [3.63, 3.8) is 0 Å². The van der Waals surface area contributed by atoms with Gasteiger partial charge in [0.25, 0.3) is 0 Å². The largest absolute Gasteiger partial charge is 0.494 e. The lowest BCUT2D eigenvalue weighted by molar-refractivity contribution is -0.136. The van der Waals surface area contributed by atoms with Gasteiger partial charge >= 0.3 is 5.97 Å². The summed E-state index contributed by atoms with van der Waals surface area (Å²) in [5.41, 5.74) is 2.77. The Morgan fingerprint density at radius 3 is 2.38 bits per heavy atom. The second-order valence-electron chi connectivity index (χ2n) is 11.2. The fourth-order valence-corrected chi connectivity index (χ4v) is 7.15.